The quantitative estimate of drug-likeness (QED) is 0.343. The van der Waals surface area contributed by atoms with Gasteiger partial charge in [0.1, 0.15) is 30.4 Å². The van der Waals surface area contributed by atoms with Crippen LogP contribution < -0.4 is 27.3 Å². The van der Waals surface area contributed by atoms with Gasteiger partial charge in [-0.25, -0.2) is 9.13 Å². The fourth-order valence-corrected chi connectivity index (χ4v) is 5.58. The molecule has 0 spiro atoms. The van der Waals surface area contributed by atoms with Crippen LogP contribution in [0.1, 0.15) is 49.2 Å². The van der Waals surface area contributed by atoms with E-state index in [0.717, 1.165) is 43.5 Å². The highest BCUT2D eigenvalue weighted by Gasteiger charge is 2.51. The molecular weight excluding hydrogens is 478 g/mol. The number of nitrogens with zero attached hydrogens (tertiary/aromatic N) is 2. The fourth-order valence-electron chi connectivity index (χ4n) is 5.58. The standard InChI is InChI=1S/C27H33N3O2.BrH/c1-3-32-19-18-29-16-17-30(21(29)2)25-15-14-24(20-25)27(26(28)31,22-10-6-4-7-11-22)23-12-8-5-9-13-23;/h4-13,16-17,24-25H,3,14-15,18-20H2,1-2H3,(H-,28,31);1H. The Hall–Kier alpha value is -2.44. The van der Waals surface area contributed by atoms with E-state index in [2.05, 4.69) is 28.5 Å². The molecule has 0 aliphatic heterocycles. The summed E-state index contributed by atoms with van der Waals surface area (Å²) in [5.74, 6) is 1.09. The lowest BCUT2D eigenvalue weighted by atomic mass is 9.64. The van der Waals surface area contributed by atoms with E-state index in [-0.39, 0.29) is 28.8 Å². The summed E-state index contributed by atoms with van der Waals surface area (Å²) in [7, 11) is 0. The first-order valence-corrected chi connectivity index (χ1v) is 11.6. The molecule has 1 aliphatic rings. The lowest BCUT2D eigenvalue weighted by molar-refractivity contribution is -0.704. The van der Waals surface area contributed by atoms with E-state index in [1.54, 1.807) is 0 Å². The van der Waals surface area contributed by atoms with Gasteiger partial charge >= 0.3 is 0 Å². The second-order valence-corrected chi connectivity index (χ2v) is 8.71. The maximum Gasteiger partial charge on any atom is 0.253 e. The molecule has 2 unspecified atom stereocenters. The molecule has 3 aromatic rings. The van der Waals surface area contributed by atoms with Gasteiger partial charge in [-0.3, -0.25) is 4.79 Å². The second kappa shape index (κ2) is 11.1. The number of carbonyl (C=O) groups is 1. The maximum absolute atomic E-state index is 13.3. The summed E-state index contributed by atoms with van der Waals surface area (Å²) >= 11 is 0. The van der Waals surface area contributed by atoms with Crippen molar-refractivity contribution in [1.29, 1.82) is 0 Å². The molecule has 0 saturated heterocycles. The number of nitrogens with two attached hydrogens (primary N) is 1. The summed E-state index contributed by atoms with van der Waals surface area (Å²) in [6, 6.07) is 20.5. The SMILES string of the molecule is CCOCC[n+]1ccn(C2CCC(C(C(N)=O)(c3ccccc3)c3ccccc3)C2)c1C.[Br-]. The van der Waals surface area contributed by atoms with Gasteiger partial charge in [-0.15, -0.1) is 0 Å². The number of benzene rings is 2. The van der Waals surface area contributed by atoms with E-state index in [1.807, 2.05) is 67.6 Å². The van der Waals surface area contributed by atoms with Crippen LogP contribution in [0.4, 0.5) is 0 Å². The van der Waals surface area contributed by atoms with Crippen LogP contribution in [0.3, 0.4) is 0 Å². The normalized spacial score (nSPS) is 18.1. The van der Waals surface area contributed by atoms with Crippen molar-refractivity contribution in [3.63, 3.8) is 0 Å². The number of aromatic nitrogens is 2. The molecule has 1 aromatic heterocycles. The minimum Gasteiger partial charge on any atom is -1.00 e. The van der Waals surface area contributed by atoms with Gasteiger partial charge < -0.3 is 27.5 Å². The van der Waals surface area contributed by atoms with Crippen molar-refractivity contribution in [1.82, 2.24) is 4.57 Å². The molecule has 1 saturated carbocycles. The molecule has 1 aliphatic carbocycles. The second-order valence-electron chi connectivity index (χ2n) is 8.71. The van der Waals surface area contributed by atoms with Crippen LogP contribution in [0.25, 0.3) is 0 Å². The van der Waals surface area contributed by atoms with Crippen molar-refractivity contribution in [3.05, 3.63) is 90.0 Å². The van der Waals surface area contributed by atoms with E-state index >= 15 is 0 Å². The molecular formula is C27H34BrN3O2. The number of imidazole rings is 1. The van der Waals surface area contributed by atoms with E-state index in [0.29, 0.717) is 12.6 Å². The van der Waals surface area contributed by atoms with Crippen LogP contribution in [-0.2, 0) is 21.5 Å². The van der Waals surface area contributed by atoms with Crippen LogP contribution >= 0.6 is 0 Å². The Balaban J connectivity index is 0.00000306. The molecule has 1 heterocycles. The van der Waals surface area contributed by atoms with Crippen LogP contribution in [0.15, 0.2) is 73.1 Å². The third-order valence-electron chi connectivity index (χ3n) is 7.13. The van der Waals surface area contributed by atoms with Crippen molar-refractivity contribution in [2.24, 2.45) is 11.7 Å². The van der Waals surface area contributed by atoms with Crippen molar-refractivity contribution < 1.29 is 31.1 Å². The predicted octanol–water partition coefficient (Wildman–Crippen LogP) is 0.937. The lowest BCUT2D eigenvalue weighted by Gasteiger charge is -2.37. The summed E-state index contributed by atoms with van der Waals surface area (Å²) < 4.78 is 10.1. The predicted molar refractivity (Wildman–Crippen MR) is 125 cm³/mol. The summed E-state index contributed by atoms with van der Waals surface area (Å²) in [6.07, 6.45) is 7.20. The van der Waals surface area contributed by atoms with E-state index in [1.165, 1.54) is 5.82 Å². The van der Waals surface area contributed by atoms with Gasteiger partial charge in [0, 0.05) is 13.5 Å². The Kier molecular flexibility index (Phi) is 8.49. The number of rotatable bonds is 9. The summed E-state index contributed by atoms with van der Waals surface area (Å²) in [5, 5.41) is 0. The highest BCUT2D eigenvalue weighted by molar-refractivity contribution is 5.91. The highest BCUT2D eigenvalue weighted by atomic mass is 79.9. The fraction of sp³-hybridized carbons (Fsp3) is 0.407. The number of primary amides is 1. The molecule has 2 aromatic carbocycles. The average Bonchev–Trinajstić information content (AvgIpc) is 3.43. The zero-order chi connectivity index (χ0) is 22.6. The minimum atomic E-state index is -0.830. The smallest absolute Gasteiger partial charge is 0.253 e. The number of hydrogen-bond acceptors (Lipinski definition) is 2. The zero-order valence-corrected chi connectivity index (χ0v) is 21.1. The first-order chi connectivity index (χ1) is 15.6. The van der Waals surface area contributed by atoms with Gasteiger partial charge in [-0.2, -0.15) is 0 Å². The number of ether oxygens (including phenoxy) is 1. The maximum atomic E-state index is 13.3. The Labute approximate surface area is 207 Å². The highest BCUT2D eigenvalue weighted by Crippen LogP contribution is 2.49. The Morgan fingerprint density at radius 2 is 1.70 bits per heavy atom. The van der Waals surface area contributed by atoms with Crippen molar-refractivity contribution in [2.45, 2.75) is 51.1 Å². The molecule has 176 valence electrons. The van der Waals surface area contributed by atoms with Crippen molar-refractivity contribution in [2.75, 3.05) is 13.2 Å². The van der Waals surface area contributed by atoms with Gasteiger partial charge in [0.2, 0.25) is 5.91 Å². The first-order valence-electron chi connectivity index (χ1n) is 11.6. The molecule has 1 amide bonds. The molecule has 2 N–H and O–H groups in total. The van der Waals surface area contributed by atoms with E-state index in [4.69, 9.17) is 10.5 Å². The molecule has 5 nitrogen and oxygen atoms in total. The molecule has 2 atom stereocenters. The number of amides is 1. The first kappa shape index (κ1) is 25.2. The average molecular weight is 512 g/mol. The molecule has 1 fully saturated rings. The number of carbonyl (C=O) groups excluding carboxylic acids is 1. The third kappa shape index (κ3) is 4.78. The van der Waals surface area contributed by atoms with Crippen LogP contribution in [-0.4, -0.2) is 23.7 Å². The van der Waals surface area contributed by atoms with E-state index < -0.39 is 5.41 Å². The molecule has 6 heteroatoms. The summed E-state index contributed by atoms with van der Waals surface area (Å²) in [5.41, 5.74) is 7.38. The van der Waals surface area contributed by atoms with Crippen molar-refractivity contribution >= 4 is 5.91 Å². The largest absolute Gasteiger partial charge is 1.00 e. The third-order valence-corrected chi connectivity index (χ3v) is 7.13. The Morgan fingerprint density at radius 3 is 2.24 bits per heavy atom. The topological polar surface area (TPSA) is 61.1 Å². The number of halogens is 1. The van der Waals surface area contributed by atoms with Gasteiger partial charge in [-0.1, -0.05) is 60.7 Å². The van der Waals surface area contributed by atoms with Crippen LogP contribution in [0.5, 0.6) is 0 Å². The monoisotopic (exact) mass is 511 g/mol. The molecule has 33 heavy (non-hydrogen) atoms. The molecule has 4 rings (SSSR count). The van der Waals surface area contributed by atoms with Gasteiger partial charge in [0.25, 0.3) is 5.82 Å². The van der Waals surface area contributed by atoms with Gasteiger partial charge in [-0.05, 0) is 43.2 Å². The minimum absolute atomic E-state index is 0. The van der Waals surface area contributed by atoms with Gasteiger partial charge in [0.15, 0.2) is 0 Å². The summed E-state index contributed by atoms with van der Waals surface area (Å²) in [6.45, 7) is 6.48. The zero-order valence-electron chi connectivity index (χ0n) is 19.5. The Bertz CT molecular complexity index is 997. The lowest BCUT2D eigenvalue weighted by Crippen LogP contribution is -3.00. The summed E-state index contributed by atoms with van der Waals surface area (Å²) in [4.78, 5) is 13.3. The Morgan fingerprint density at radius 1 is 1.09 bits per heavy atom. The molecule has 0 radical (unpaired) electrons. The van der Waals surface area contributed by atoms with Gasteiger partial charge in [0.05, 0.1) is 6.61 Å². The number of hydrogen-bond donors (Lipinski definition) is 1. The molecule has 0 bridgehead atoms. The van der Waals surface area contributed by atoms with Crippen LogP contribution in [0, 0.1) is 12.8 Å². The van der Waals surface area contributed by atoms with Crippen molar-refractivity contribution in [3.8, 4) is 0 Å². The van der Waals surface area contributed by atoms with Crippen LogP contribution in [0.2, 0.25) is 0 Å². The van der Waals surface area contributed by atoms with E-state index in [9.17, 15) is 4.79 Å².